The van der Waals surface area contributed by atoms with Gasteiger partial charge in [0, 0.05) is 12.2 Å². The molecule has 1 heterocycles. The molecule has 0 spiro atoms. The van der Waals surface area contributed by atoms with E-state index in [9.17, 15) is 18.0 Å². The molecule has 1 rings (SSSR count). The first kappa shape index (κ1) is 10.8. The minimum absolute atomic E-state index is 0.273. The van der Waals surface area contributed by atoms with Crippen LogP contribution in [0.15, 0.2) is 23.1 Å². The monoisotopic (exact) mass is 205 g/mol. The van der Waals surface area contributed by atoms with Gasteiger partial charge in [0.25, 0.3) is 5.56 Å². The first-order chi connectivity index (χ1) is 6.34. The second-order valence-corrected chi connectivity index (χ2v) is 3.23. The first-order valence-electron chi connectivity index (χ1n) is 4.12. The van der Waals surface area contributed by atoms with Crippen molar-refractivity contribution >= 4 is 0 Å². The number of pyridine rings is 1. The molecule has 2 nitrogen and oxygen atoms in total. The molecule has 0 fully saturated rings. The van der Waals surface area contributed by atoms with E-state index in [0.29, 0.717) is 0 Å². The van der Waals surface area contributed by atoms with Gasteiger partial charge in [-0.05, 0) is 26.0 Å². The van der Waals surface area contributed by atoms with Crippen LogP contribution in [0.25, 0.3) is 0 Å². The third-order valence-electron chi connectivity index (χ3n) is 1.84. The van der Waals surface area contributed by atoms with Crippen molar-refractivity contribution in [1.82, 2.24) is 4.57 Å². The molecule has 0 bridgehead atoms. The molecule has 5 heteroatoms. The van der Waals surface area contributed by atoms with Crippen LogP contribution in [0.5, 0.6) is 0 Å². The summed E-state index contributed by atoms with van der Waals surface area (Å²) in [4.78, 5) is 11.3. The van der Waals surface area contributed by atoms with Crippen LogP contribution < -0.4 is 5.56 Å². The summed E-state index contributed by atoms with van der Waals surface area (Å²) in [5, 5.41) is 0. The fourth-order valence-corrected chi connectivity index (χ4v) is 1.13. The minimum Gasteiger partial charge on any atom is -0.313 e. The van der Waals surface area contributed by atoms with Crippen LogP contribution in [-0.4, -0.2) is 4.57 Å². The van der Waals surface area contributed by atoms with Crippen molar-refractivity contribution in [2.24, 2.45) is 0 Å². The van der Waals surface area contributed by atoms with Crippen LogP contribution in [0, 0.1) is 0 Å². The first-order valence-corrected chi connectivity index (χ1v) is 4.12. The molecule has 0 unspecified atom stereocenters. The lowest BCUT2D eigenvalue weighted by atomic mass is 10.2. The zero-order chi connectivity index (χ0) is 10.9. The summed E-state index contributed by atoms with van der Waals surface area (Å²) in [7, 11) is 0. The average molecular weight is 205 g/mol. The number of nitrogens with zero attached hydrogens (tertiary/aromatic N) is 1. The van der Waals surface area contributed by atoms with E-state index in [1.165, 1.54) is 12.3 Å². The quantitative estimate of drug-likeness (QED) is 0.690. The Kier molecular flexibility index (Phi) is 2.69. The second kappa shape index (κ2) is 3.48. The molecular formula is C9H10F3NO. The van der Waals surface area contributed by atoms with Gasteiger partial charge in [0.1, 0.15) is 5.56 Å². The van der Waals surface area contributed by atoms with Crippen LogP contribution in [0.1, 0.15) is 25.5 Å². The Morgan fingerprint density at radius 1 is 1.36 bits per heavy atom. The molecule has 78 valence electrons. The van der Waals surface area contributed by atoms with Crippen LogP contribution in [-0.2, 0) is 6.18 Å². The Labute approximate surface area is 79.0 Å². The third kappa shape index (κ3) is 1.97. The highest BCUT2D eigenvalue weighted by atomic mass is 19.4. The number of aromatic nitrogens is 1. The van der Waals surface area contributed by atoms with Gasteiger partial charge in [0.15, 0.2) is 0 Å². The minimum atomic E-state index is -4.57. The highest BCUT2D eigenvalue weighted by Gasteiger charge is 2.34. The SMILES string of the molecule is CC(C)n1cccc(C(F)(F)F)c1=O. The summed E-state index contributed by atoms with van der Waals surface area (Å²) < 4.78 is 37.9. The predicted octanol–water partition coefficient (Wildman–Crippen LogP) is 2.45. The fourth-order valence-electron chi connectivity index (χ4n) is 1.13. The second-order valence-electron chi connectivity index (χ2n) is 3.23. The Morgan fingerprint density at radius 3 is 2.36 bits per heavy atom. The third-order valence-corrected chi connectivity index (χ3v) is 1.84. The zero-order valence-electron chi connectivity index (χ0n) is 7.80. The van der Waals surface area contributed by atoms with E-state index in [2.05, 4.69) is 0 Å². The summed E-state index contributed by atoms with van der Waals surface area (Å²) in [6.07, 6.45) is -3.22. The van der Waals surface area contributed by atoms with E-state index in [4.69, 9.17) is 0 Å². The number of rotatable bonds is 1. The van der Waals surface area contributed by atoms with Crippen LogP contribution >= 0.6 is 0 Å². The van der Waals surface area contributed by atoms with Gasteiger partial charge < -0.3 is 4.57 Å². The smallest absolute Gasteiger partial charge is 0.313 e. The normalized spacial score (nSPS) is 12.1. The van der Waals surface area contributed by atoms with Crippen molar-refractivity contribution in [3.05, 3.63) is 34.2 Å². The highest BCUT2D eigenvalue weighted by molar-refractivity contribution is 5.14. The van der Waals surface area contributed by atoms with Crippen molar-refractivity contribution in [2.75, 3.05) is 0 Å². The van der Waals surface area contributed by atoms with Crippen LogP contribution in [0.2, 0.25) is 0 Å². The van der Waals surface area contributed by atoms with Gasteiger partial charge in [0.2, 0.25) is 0 Å². The number of alkyl halides is 3. The number of halogens is 3. The van der Waals surface area contributed by atoms with E-state index in [1.807, 2.05) is 0 Å². The molecule has 0 N–H and O–H groups in total. The summed E-state index contributed by atoms with van der Waals surface area (Å²) >= 11 is 0. The maximum Gasteiger partial charge on any atom is 0.421 e. The van der Waals surface area contributed by atoms with Crippen molar-refractivity contribution < 1.29 is 13.2 Å². The molecular weight excluding hydrogens is 195 g/mol. The van der Waals surface area contributed by atoms with Crippen molar-refractivity contribution in [3.63, 3.8) is 0 Å². The lowest BCUT2D eigenvalue weighted by molar-refractivity contribution is -0.139. The molecule has 0 aliphatic carbocycles. The van der Waals surface area contributed by atoms with Gasteiger partial charge in [-0.3, -0.25) is 4.79 Å². The molecule has 0 amide bonds. The fraction of sp³-hybridized carbons (Fsp3) is 0.444. The largest absolute Gasteiger partial charge is 0.421 e. The molecule has 0 atom stereocenters. The lowest BCUT2D eigenvalue weighted by Crippen LogP contribution is -2.28. The van der Waals surface area contributed by atoms with Crippen molar-refractivity contribution in [1.29, 1.82) is 0 Å². The molecule has 0 aromatic carbocycles. The molecule has 0 aliphatic rings. The van der Waals surface area contributed by atoms with Crippen LogP contribution in [0.4, 0.5) is 13.2 Å². The Morgan fingerprint density at radius 2 is 1.93 bits per heavy atom. The topological polar surface area (TPSA) is 22.0 Å². The molecule has 0 aliphatic heterocycles. The Hall–Kier alpha value is -1.26. The van der Waals surface area contributed by atoms with Crippen molar-refractivity contribution in [2.45, 2.75) is 26.1 Å². The molecule has 0 saturated carbocycles. The average Bonchev–Trinajstić information content (AvgIpc) is 2.01. The lowest BCUT2D eigenvalue weighted by Gasteiger charge is -2.12. The van der Waals surface area contributed by atoms with Gasteiger partial charge in [-0.2, -0.15) is 13.2 Å². The number of hydrogen-bond donors (Lipinski definition) is 0. The summed E-state index contributed by atoms with van der Waals surface area (Å²) in [5.41, 5.74) is -2.11. The van der Waals surface area contributed by atoms with E-state index in [-0.39, 0.29) is 6.04 Å². The van der Waals surface area contributed by atoms with Gasteiger partial charge >= 0.3 is 6.18 Å². The van der Waals surface area contributed by atoms with E-state index >= 15 is 0 Å². The van der Waals surface area contributed by atoms with Gasteiger partial charge in [-0.1, -0.05) is 0 Å². The van der Waals surface area contributed by atoms with Crippen LogP contribution in [0.3, 0.4) is 0 Å². The molecule has 0 radical (unpaired) electrons. The van der Waals surface area contributed by atoms with Crippen molar-refractivity contribution in [3.8, 4) is 0 Å². The van der Waals surface area contributed by atoms with E-state index in [1.54, 1.807) is 13.8 Å². The van der Waals surface area contributed by atoms with Gasteiger partial charge in [-0.15, -0.1) is 0 Å². The summed E-state index contributed by atoms with van der Waals surface area (Å²) in [6, 6.07) is 1.75. The van der Waals surface area contributed by atoms with E-state index < -0.39 is 17.3 Å². The summed E-state index contributed by atoms with van der Waals surface area (Å²) in [6.45, 7) is 3.31. The molecule has 0 saturated heterocycles. The standard InChI is InChI=1S/C9H10F3NO/c1-6(2)13-5-3-4-7(8(13)14)9(10,11)12/h3-6H,1-2H3. The van der Waals surface area contributed by atoms with Gasteiger partial charge in [0.05, 0.1) is 0 Å². The number of hydrogen-bond acceptors (Lipinski definition) is 1. The molecule has 14 heavy (non-hydrogen) atoms. The Balaban J connectivity index is 3.36. The van der Waals surface area contributed by atoms with E-state index in [0.717, 1.165) is 10.6 Å². The van der Waals surface area contributed by atoms with Gasteiger partial charge in [-0.25, -0.2) is 0 Å². The molecule has 1 aromatic heterocycles. The summed E-state index contributed by atoms with van der Waals surface area (Å²) in [5.74, 6) is 0. The predicted molar refractivity (Wildman–Crippen MR) is 46.1 cm³/mol. The maximum atomic E-state index is 12.3. The molecule has 1 aromatic rings. The maximum absolute atomic E-state index is 12.3. The highest BCUT2D eigenvalue weighted by Crippen LogP contribution is 2.26. The Bertz CT molecular complexity index is 378. The zero-order valence-corrected chi connectivity index (χ0v) is 7.80.